The zero-order valence-corrected chi connectivity index (χ0v) is 12.3. The van der Waals surface area contributed by atoms with Crippen molar-refractivity contribution < 1.29 is 46.7 Å². The molecule has 0 unspecified atom stereocenters. The van der Waals surface area contributed by atoms with Gasteiger partial charge in [0, 0.05) is 0 Å². The number of hydrogen-bond donors (Lipinski definition) is 0. The van der Waals surface area contributed by atoms with E-state index in [1.807, 2.05) is 0 Å². The van der Waals surface area contributed by atoms with E-state index in [0.717, 1.165) is 25.5 Å². The van der Waals surface area contributed by atoms with E-state index in [1.165, 1.54) is 19.3 Å². The molecule has 0 aliphatic rings. The second-order valence-corrected chi connectivity index (χ2v) is 4.09. The quantitative estimate of drug-likeness (QED) is 0.187. The third kappa shape index (κ3) is 17.1. The molecule has 15 heavy (non-hydrogen) atoms. The van der Waals surface area contributed by atoms with Gasteiger partial charge in [-0.1, -0.05) is 32.6 Å². The summed E-state index contributed by atoms with van der Waals surface area (Å²) in [7, 11) is -4.56. The van der Waals surface area contributed by atoms with Crippen molar-refractivity contribution in [2.45, 2.75) is 45.4 Å². The summed E-state index contributed by atoms with van der Waals surface area (Å²) in [6.45, 7) is 2.15. The molecule has 0 rings (SSSR count). The van der Waals surface area contributed by atoms with E-state index in [0.29, 0.717) is 0 Å². The first-order chi connectivity index (χ1) is 6.56. The van der Waals surface area contributed by atoms with Gasteiger partial charge in [-0.25, -0.2) is 8.42 Å². The van der Waals surface area contributed by atoms with E-state index in [9.17, 15) is 13.0 Å². The summed E-state index contributed by atoms with van der Waals surface area (Å²) >= 11 is 0. The topological polar surface area (TPSA) is 66.4 Å². The van der Waals surface area contributed by atoms with E-state index in [2.05, 4.69) is 11.1 Å². The summed E-state index contributed by atoms with van der Waals surface area (Å²) < 4.78 is 33.8. The summed E-state index contributed by atoms with van der Waals surface area (Å²) in [5.74, 6) is 0. The van der Waals surface area contributed by atoms with Crippen LogP contribution in [0.3, 0.4) is 0 Å². The fourth-order valence-electron chi connectivity index (χ4n) is 1.04. The molecule has 0 fully saturated rings. The van der Waals surface area contributed by atoms with Gasteiger partial charge < -0.3 is 8.74 Å². The zero-order chi connectivity index (χ0) is 10.9. The Morgan fingerprint density at radius 1 is 1.20 bits per heavy atom. The molecule has 0 radical (unpaired) electrons. The maximum atomic E-state index is 9.98. The molecule has 0 aromatic heterocycles. The Kier molecular flexibility index (Phi) is 13.0. The average Bonchev–Trinajstić information content (AvgIpc) is 2.08. The number of unbranched alkanes of at least 4 members (excludes halogenated alkanes) is 5. The number of rotatable bonds is 8. The van der Waals surface area contributed by atoms with Gasteiger partial charge in [-0.2, -0.15) is 0 Å². The van der Waals surface area contributed by atoms with E-state index >= 15 is 0 Å². The summed E-state index contributed by atoms with van der Waals surface area (Å²) in [5.41, 5.74) is 0. The predicted molar refractivity (Wildman–Crippen MR) is 53.3 cm³/mol. The van der Waals surface area contributed by atoms with Gasteiger partial charge in [0.15, 0.2) is 0 Å². The molecule has 0 aliphatic heterocycles. The molecule has 0 aromatic rings. The summed E-state index contributed by atoms with van der Waals surface area (Å²) in [5, 5.41) is 0. The molecule has 0 spiro atoms. The van der Waals surface area contributed by atoms with Crippen molar-refractivity contribution >= 4 is 10.4 Å². The SMILES string of the molecule is CCCCCCCC=COS(=O)(=O)[O-].[Na+]. The van der Waals surface area contributed by atoms with Crippen molar-refractivity contribution in [2.75, 3.05) is 0 Å². The van der Waals surface area contributed by atoms with Gasteiger partial charge >= 0.3 is 29.6 Å². The van der Waals surface area contributed by atoms with E-state index in [-0.39, 0.29) is 29.6 Å². The molecular weight excluding hydrogens is 227 g/mol. The molecule has 0 bridgehead atoms. The van der Waals surface area contributed by atoms with Crippen molar-refractivity contribution in [1.29, 1.82) is 0 Å². The maximum absolute atomic E-state index is 9.98. The van der Waals surface area contributed by atoms with Gasteiger partial charge in [0.2, 0.25) is 0 Å². The van der Waals surface area contributed by atoms with Crippen molar-refractivity contribution in [3.8, 4) is 0 Å². The third-order valence-electron chi connectivity index (χ3n) is 1.74. The minimum absolute atomic E-state index is 0. The van der Waals surface area contributed by atoms with Crippen LogP contribution in [0.15, 0.2) is 12.3 Å². The molecule has 6 heteroatoms. The minimum atomic E-state index is -4.56. The second-order valence-electron chi connectivity index (χ2n) is 3.08. The van der Waals surface area contributed by atoms with Gasteiger partial charge in [0.05, 0.1) is 0 Å². The standard InChI is InChI=1S/C9H18O4S.Na/c1-2-3-4-5-6-7-8-9-13-14(10,11)12;/h8-9H,2-7H2,1H3,(H,10,11,12);/q;+1/p-1. The van der Waals surface area contributed by atoms with Crippen molar-refractivity contribution in [3.05, 3.63) is 12.3 Å². The Balaban J connectivity index is 0. The third-order valence-corrected chi connectivity index (χ3v) is 2.09. The molecule has 0 N–H and O–H groups in total. The van der Waals surface area contributed by atoms with E-state index in [1.54, 1.807) is 6.08 Å². The van der Waals surface area contributed by atoms with Gasteiger partial charge in [0.1, 0.15) is 6.26 Å². The second kappa shape index (κ2) is 11.0. The molecule has 0 saturated carbocycles. The molecule has 4 nitrogen and oxygen atoms in total. The van der Waals surface area contributed by atoms with Crippen molar-refractivity contribution in [1.82, 2.24) is 0 Å². The van der Waals surface area contributed by atoms with Gasteiger partial charge in [-0.3, -0.25) is 0 Å². The number of hydrogen-bond acceptors (Lipinski definition) is 4. The first-order valence-electron chi connectivity index (χ1n) is 4.85. The minimum Gasteiger partial charge on any atom is -0.716 e. The fraction of sp³-hybridized carbons (Fsp3) is 0.778. The predicted octanol–water partition coefficient (Wildman–Crippen LogP) is -0.659. The van der Waals surface area contributed by atoms with Crippen LogP contribution >= 0.6 is 0 Å². The number of allylic oxidation sites excluding steroid dienone is 1. The molecule has 0 heterocycles. The van der Waals surface area contributed by atoms with Crippen LogP contribution in [0.5, 0.6) is 0 Å². The fourth-order valence-corrected chi connectivity index (χ4v) is 1.26. The van der Waals surface area contributed by atoms with Crippen LogP contribution in [-0.2, 0) is 14.6 Å². The van der Waals surface area contributed by atoms with Crippen LogP contribution in [0.1, 0.15) is 45.4 Å². The molecule has 0 amide bonds. The van der Waals surface area contributed by atoms with Crippen LogP contribution in [-0.4, -0.2) is 13.0 Å². The van der Waals surface area contributed by atoms with Crippen LogP contribution in [0.2, 0.25) is 0 Å². The summed E-state index contributed by atoms with van der Waals surface area (Å²) in [6, 6.07) is 0. The largest absolute Gasteiger partial charge is 1.00 e. The first-order valence-corrected chi connectivity index (χ1v) is 6.18. The first kappa shape index (κ1) is 17.8. The molecule has 0 saturated heterocycles. The Morgan fingerprint density at radius 2 is 1.80 bits per heavy atom. The Morgan fingerprint density at radius 3 is 2.33 bits per heavy atom. The molecule has 0 aromatic carbocycles. The molecule has 84 valence electrons. The Labute approximate surface area is 114 Å². The zero-order valence-electron chi connectivity index (χ0n) is 9.44. The molecule has 0 atom stereocenters. The summed E-state index contributed by atoms with van der Waals surface area (Å²) in [6.07, 6.45) is 9.01. The summed E-state index contributed by atoms with van der Waals surface area (Å²) in [4.78, 5) is 0. The van der Waals surface area contributed by atoms with Crippen molar-refractivity contribution in [2.24, 2.45) is 0 Å². The van der Waals surface area contributed by atoms with E-state index in [4.69, 9.17) is 0 Å². The normalized spacial score (nSPS) is 11.3. The van der Waals surface area contributed by atoms with Crippen molar-refractivity contribution in [3.63, 3.8) is 0 Å². The maximum Gasteiger partial charge on any atom is 1.00 e. The van der Waals surface area contributed by atoms with Crippen LogP contribution < -0.4 is 29.6 Å². The smallest absolute Gasteiger partial charge is 0.716 e. The molecular formula is C9H17NaO4S. The van der Waals surface area contributed by atoms with Crippen LogP contribution in [0.25, 0.3) is 0 Å². The van der Waals surface area contributed by atoms with Crippen LogP contribution in [0, 0.1) is 0 Å². The Hall–Kier alpha value is 0.450. The molecule has 0 aliphatic carbocycles. The van der Waals surface area contributed by atoms with Gasteiger partial charge in [-0.05, 0) is 18.9 Å². The van der Waals surface area contributed by atoms with Gasteiger partial charge in [0.25, 0.3) is 10.4 Å². The monoisotopic (exact) mass is 244 g/mol. The average molecular weight is 244 g/mol. The van der Waals surface area contributed by atoms with E-state index < -0.39 is 10.4 Å². The van der Waals surface area contributed by atoms with Crippen LogP contribution in [0.4, 0.5) is 0 Å². The van der Waals surface area contributed by atoms with Gasteiger partial charge in [-0.15, -0.1) is 0 Å². The Bertz CT molecular complexity index is 249.